The van der Waals surface area contributed by atoms with Gasteiger partial charge in [0.05, 0.1) is 12.2 Å². The molecule has 0 N–H and O–H groups in total. The van der Waals surface area contributed by atoms with E-state index >= 15 is 0 Å². The molecule has 1 atom stereocenters. The average molecular weight is 338 g/mol. The van der Waals surface area contributed by atoms with Crippen molar-refractivity contribution in [3.63, 3.8) is 0 Å². The minimum atomic E-state index is -0.493. The number of carbonyl (C=O) groups excluding carboxylic acids is 2. The predicted octanol–water partition coefficient (Wildman–Crippen LogP) is 4.65. The van der Waals surface area contributed by atoms with Gasteiger partial charge in [-0.1, -0.05) is 51.1 Å². The molecule has 2 aromatic carbocycles. The minimum Gasteiger partial charge on any atom is -0.462 e. The van der Waals surface area contributed by atoms with Gasteiger partial charge in [-0.15, -0.1) is 0 Å². The first-order chi connectivity index (χ1) is 12.0. The van der Waals surface area contributed by atoms with E-state index in [9.17, 15) is 9.59 Å². The van der Waals surface area contributed by atoms with E-state index in [4.69, 9.17) is 9.47 Å². The van der Waals surface area contributed by atoms with Gasteiger partial charge in [-0.05, 0) is 41.3 Å². The third kappa shape index (κ3) is 5.31. The van der Waals surface area contributed by atoms with Crippen LogP contribution in [0.1, 0.15) is 30.6 Å². The van der Waals surface area contributed by atoms with Crippen molar-refractivity contribution in [1.82, 2.24) is 0 Å². The molecule has 4 heteroatoms. The third-order valence-corrected chi connectivity index (χ3v) is 3.89. The van der Waals surface area contributed by atoms with Gasteiger partial charge in [-0.2, -0.15) is 0 Å². The summed E-state index contributed by atoms with van der Waals surface area (Å²) in [5.74, 6) is 0.0161. The molecule has 2 rings (SSSR count). The molecule has 0 aliphatic heterocycles. The summed E-state index contributed by atoms with van der Waals surface area (Å²) in [6.45, 7) is 7.91. The van der Waals surface area contributed by atoms with E-state index in [0.29, 0.717) is 23.8 Å². The lowest BCUT2D eigenvalue weighted by molar-refractivity contribution is -0.128. The van der Waals surface area contributed by atoms with E-state index in [0.717, 1.165) is 23.6 Å². The van der Waals surface area contributed by atoms with Gasteiger partial charge >= 0.3 is 11.9 Å². The second kappa shape index (κ2) is 8.83. The van der Waals surface area contributed by atoms with E-state index in [-0.39, 0.29) is 5.97 Å². The van der Waals surface area contributed by atoms with Crippen molar-refractivity contribution in [2.24, 2.45) is 5.92 Å². The normalized spacial score (nSPS) is 11.4. The quantitative estimate of drug-likeness (QED) is 0.419. The maximum Gasteiger partial charge on any atom is 0.338 e. The van der Waals surface area contributed by atoms with Gasteiger partial charge in [0.25, 0.3) is 0 Å². The Kier molecular flexibility index (Phi) is 6.52. The summed E-state index contributed by atoms with van der Waals surface area (Å²) in [6.07, 6.45) is 2.09. The highest BCUT2D eigenvalue weighted by molar-refractivity contribution is 5.90. The van der Waals surface area contributed by atoms with Crippen LogP contribution in [0.15, 0.2) is 61.2 Å². The van der Waals surface area contributed by atoms with Crippen LogP contribution in [0.3, 0.4) is 0 Å². The van der Waals surface area contributed by atoms with Crippen LogP contribution in [0, 0.1) is 5.92 Å². The largest absolute Gasteiger partial charge is 0.462 e. The Bertz CT molecular complexity index is 729. The van der Waals surface area contributed by atoms with Crippen molar-refractivity contribution >= 4 is 11.9 Å². The Balaban J connectivity index is 2.03. The third-order valence-electron chi connectivity index (χ3n) is 3.89. The molecule has 0 fully saturated rings. The van der Waals surface area contributed by atoms with Gasteiger partial charge in [0.2, 0.25) is 0 Å². The summed E-state index contributed by atoms with van der Waals surface area (Å²) < 4.78 is 10.3. The zero-order valence-corrected chi connectivity index (χ0v) is 14.5. The summed E-state index contributed by atoms with van der Waals surface area (Å²) in [5.41, 5.74) is 2.45. The number of ether oxygens (including phenoxy) is 2. The fourth-order valence-electron chi connectivity index (χ4n) is 2.09. The Morgan fingerprint density at radius 3 is 2.12 bits per heavy atom. The van der Waals surface area contributed by atoms with E-state index in [1.54, 1.807) is 24.3 Å². The lowest BCUT2D eigenvalue weighted by Gasteiger charge is -2.10. The van der Waals surface area contributed by atoms with Crippen molar-refractivity contribution in [2.45, 2.75) is 20.3 Å². The van der Waals surface area contributed by atoms with Crippen LogP contribution >= 0.6 is 0 Å². The minimum absolute atomic E-state index is 0.307. The fourth-order valence-corrected chi connectivity index (χ4v) is 2.09. The molecular weight excluding hydrogens is 316 g/mol. The highest BCUT2D eigenvalue weighted by Gasteiger charge is 2.09. The van der Waals surface area contributed by atoms with Crippen molar-refractivity contribution in [3.05, 3.63) is 66.7 Å². The van der Waals surface area contributed by atoms with Crippen molar-refractivity contribution in [2.75, 3.05) is 6.61 Å². The summed E-state index contributed by atoms with van der Waals surface area (Å²) in [4.78, 5) is 23.2. The van der Waals surface area contributed by atoms with E-state index < -0.39 is 5.97 Å². The Labute approximate surface area is 148 Å². The standard InChI is InChI=1S/C21H22O4/c1-4-15(3)14-24-21(23)18-8-6-16(7-9-18)17-10-12-19(13-11-17)25-20(22)5-2/h5-13,15H,2,4,14H2,1,3H3. The number of carbonyl (C=O) groups is 2. The van der Waals surface area contributed by atoms with E-state index in [2.05, 4.69) is 13.5 Å². The van der Waals surface area contributed by atoms with E-state index in [1.807, 2.05) is 31.2 Å². The zero-order chi connectivity index (χ0) is 18.2. The maximum atomic E-state index is 12.0. The van der Waals surface area contributed by atoms with Crippen LogP contribution in [0.5, 0.6) is 5.75 Å². The molecule has 25 heavy (non-hydrogen) atoms. The fraction of sp³-hybridized carbons (Fsp3) is 0.238. The molecule has 1 unspecified atom stereocenters. The first kappa shape index (κ1) is 18.5. The Morgan fingerprint density at radius 1 is 1.04 bits per heavy atom. The lowest BCUT2D eigenvalue weighted by atomic mass is 10.0. The average Bonchev–Trinajstić information content (AvgIpc) is 2.66. The zero-order valence-electron chi connectivity index (χ0n) is 14.5. The molecule has 0 bridgehead atoms. The van der Waals surface area contributed by atoms with Gasteiger partial charge in [0.15, 0.2) is 0 Å². The Hall–Kier alpha value is -2.88. The van der Waals surface area contributed by atoms with Gasteiger partial charge in [-0.3, -0.25) is 0 Å². The summed E-state index contributed by atoms with van der Waals surface area (Å²) in [6, 6.07) is 14.4. The lowest BCUT2D eigenvalue weighted by Crippen LogP contribution is -2.11. The highest BCUT2D eigenvalue weighted by atomic mass is 16.5. The molecule has 0 saturated carbocycles. The molecule has 130 valence electrons. The van der Waals surface area contributed by atoms with Crippen molar-refractivity contribution < 1.29 is 19.1 Å². The van der Waals surface area contributed by atoms with Gasteiger partial charge < -0.3 is 9.47 Å². The topological polar surface area (TPSA) is 52.6 Å². The maximum absolute atomic E-state index is 12.0. The van der Waals surface area contributed by atoms with Crippen LogP contribution in [0.2, 0.25) is 0 Å². The van der Waals surface area contributed by atoms with Gasteiger partial charge in [-0.25, -0.2) is 9.59 Å². The number of hydrogen-bond donors (Lipinski definition) is 0. The summed E-state index contributed by atoms with van der Waals surface area (Å²) >= 11 is 0. The molecule has 0 spiro atoms. The van der Waals surface area contributed by atoms with Crippen LogP contribution in [0.25, 0.3) is 11.1 Å². The molecule has 0 amide bonds. The van der Waals surface area contributed by atoms with Crippen molar-refractivity contribution in [3.8, 4) is 16.9 Å². The first-order valence-corrected chi connectivity index (χ1v) is 8.25. The molecule has 0 saturated heterocycles. The van der Waals surface area contributed by atoms with E-state index in [1.165, 1.54) is 0 Å². The van der Waals surface area contributed by atoms with Crippen molar-refractivity contribution in [1.29, 1.82) is 0 Å². The van der Waals surface area contributed by atoms with Crippen LogP contribution in [0.4, 0.5) is 0 Å². The van der Waals surface area contributed by atoms with Crippen LogP contribution < -0.4 is 4.74 Å². The molecule has 0 radical (unpaired) electrons. The SMILES string of the molecule is C=CC(=O)Oc1ccc(-c2ccc(C(=O)OCC(C)CC)cc2)cc1. The number of benzene rings is 2. The van der Waals surface area contributed by atoms with Gasteiger partial charge in [0, 0.05) is 6.08 Å². The first-order valence-electron chi connectivity index (χ1n) is 8.25. The van der Waals surface area contributed by atoms with Crippen LogP contribution in [-0.4, -0.2) is 18.5 Å². The van der Waals surface area contributed by atoms with Crippen LogP contribution in [-0.2, 0) is 9.53 Å². The summed E-state index contributed by atoms with van der Waals surface area (Å²) in [7, 11) is 0. The molecular formula is C21H22O4. The number of esters is 2. The molecule has 0 aromatic heterocycles. The second-order valence-electron chi connectivity index (χ2n) is 5.84. The molecule has 0 aliphatic carbocycles. The predicted molar refractivity (Wildman–Crippen MR) is 97.4 cm³/mol. The molecule has 2 aromatic rings. The molecule has 0 aliphatic rings. The molecule has 0 heterocycles. The molecule has 4 nitrogen and oxygen atoms in total. The monoisotopic (exact) mass is 338 g/mol. The number of rotatable bonds is 7. The smallest absolute Gasteiger partial charge is 0.338 e. The Morgan fingerprint density at radius 2 is 1.60 bits per heavy atom. The second-order valence-corrected chi connectivity index (χ2v) is 5.84. The summed E-state index contributed by atoms with van der Waals surface area (Å²) in [5, 5.41) is 0. The number of hydrogen-bond acceptors (Lipinski definition) is 4. The highest BCUT2D eigenvalue weighted by Crippen LogP contribution is 2.23. The van der Waals surface area contributed by atoms with Gasteiger partial charge in [0.1, 0.15) is 5.75 Å².